The maximum Gasteiger partial charge on any atom is 0.162 e. The van der Waals surface area contributed by atoms with Crippen molar-refractivity contribution in [2.45, 2.75) is 20.5 Å². The van der Waals surface area contributed by atoms with E-state index in [-0.39, 0.29) is 0 Å². The fourth-order valence-corrected chi connectivity index (χ4v) is 2.99. The van der Waals surface area contributed by atoms with E-state index in [0.717, 1.165) is 39.0 Å². The molecule has 0 fully saturated rings. The second-order valence-corrected chi connectivity index (χ2v) is 6.79. The molecule has 2 aromatic heterocycles. The zero-order valence-electron chi connectivity index (χ0n) is 15.8. The highest BCUT2D eigenvalue weighted by atomic mass is 16.5. The molecule has 4 rings (SSSR count). The number of nitrogens with zero attached hydrogens (tertiary/aromatic N) is 3. The van der Waals surface area contributed by atoms with Crippen molar-refractivity contribution in [3.05, 3.63) is 71.5 Å². The third-order valence-corrected chi connectivity index (χ3v) is 4.55. The predicted molar refractivity (Wildman–Crippen MR) is 112 cm³/mol. The van der Waals surface area contributed by atoms with Crippen LogP contribution in [-0.4, -0.2) is 15.0 Å². The van der Waals surface area contributed by atoms with Crippen LogP contribution in [0.3, 0.4) is 0 Å². The van der Waals surface area contributed by atoms with Crippen LogP contribution in [0.2, 0.25) is 0 Å². The summed E-state index contributed by atoms with van der Waals surface area (Å²) in [5, 5.41) is 0.757. The van der Waals surface area contributed by atoms with E-state index < -0.39 is 0 Å². The molecule has 0 atom stereocenters. The average molecular weight is 371 g/mol. The standard InChI is InChI=1S/C22H21N5O/c1-13-9-16(5-8-20(13)28-12-15-4-3-14(2)25-11-15)22-26-19-7-6-17(23)10-18(19)21(24)27-22/h3-11H,12,23H2,1-2H3,(H2,24,26,27). The van der Waals surface area contributed by atoms with Crippen LogP contribution in [-0.2, 0) is 6.61 Å². The van der Waals surface area contributed by atoms with Crippen molar-refractivity contribution in [3.8, 4) is 17.1 Å². The molecule has 0 aliphatic heterocycles. The Morgan fingerprint density at radius 1 is 0.929 bits per heavy atom. The summed E-state index contributed by atoms with van der Waals surface area (Å²) in [6, 6.07) is 15.3. The van der Waals surface area contributed by atoms with Gasteiger partial charge in [-0.1, -0.05) is 6.07 Å². The molecule has 0 amide bonds. The summed E-state index contributed by atoms with van der Waals surface area (Å²) in [6.07, 6.45) is 1.83. The number of pyridine rings is 1. The van der Waals surface area contributed by atoms with Crippen LogP contribution in [0.4, 0.5) is 11.5 Å². The largest absolute Gasteiger partial charge is 0.489 e. The Balaban J connectivity index is 1.59. The number of nitrogens with two attached hydrogens (primary N) is 2. The first-order valence-electron chi connectivity index (χ1n) is 8.98. The van der Waals surface area contributed by atoms with E-state index in [1.54, 1.807) is 12.1 Å². The molecule has 0 aliphatic rings. The third-order valence-electron chi connectivity index (χ3n) is 4.55. The zero-order valence-corrected chi connectivity index (χ0v) is 15.8. The second kappa shape index (κ2) is 7.15. The molecule has 0 aliphatic carbocycles. The Morgan fingerprint density at radius 3 is 2.54 bits per heavy atom. The lowest BCUT2D eigenvalue weighted by Crippen LogP contribution is -2.00. The van der Waals surface area contributed by atoms with E-state index in [2.05, 4.69) is 15.0 Å². The van der Waals surface area contributed by atoms with E-state index in [9.17, 15) is 0 Å². The Labute approximate surface area is 163 Å². The Bertz CT molecular complexity index is 1160. The first kappa shape index (κ1) is 17.7. The number of rotatable bonds is 4. The van der Waals surface area contributed by atoms with Crippen molar-refractivity contribution in [1.29, 1.82) is 0 Å². The lowest BCUT2D eigenvalue weighted by molar-refractivity contribution is 0.303. The first-order valence-corrected chi connectivity index (χ1v) is 8.98. The van der Waals surface area contributed by atoms with E-state index in [1.807, 2.05) is 56.4 Å². The van der Waals surface area contributed by atoms with Crippen molar-refractivity contribution in [3.63, 3.8) is 0 Å². The lowest BCUT2D eigenvalue weighted by Gasteiger charge is -2.11. The fraction of sp³-hybridized carbons (Fsp3) is 0.136. The van der Waals surface area contributed by atoms with E-state index >= 15 is 0 Å². The SMILES string of the molecule is Cc1ccc(COc2ccc(-c3nc(N)c4cc(N)ccc4n3)cc2C)cn1. The van der Waals surface area contributed by atoms with Crippen LogP contribution in [0, 0.1) is 13.8 Å². The molecule has 6 heteroatoms. The van der Waals surface area contributed by atoms with Gasteiger partial charge in [0.25, 0.3) is 0 Å². The first-order chi connectivity index (χ1) is 13.5. The quantitative estimate of drug-likeness (QED) is 0.525. The minimum Gasteiger partial charge on any atom is -0.489 e. The van der Waals surface area contributed by atoms with Crippen LogP contribution in [0.1, 0.15) is 16.8 Å². The molecular weight excluding hydrogens is 350 g/mol. The molecule has 28 heavy (non-hydrogen) atoms. The highest BCUT2D eigenvalue weighted by Gasteiger charge is 2.10. The van der Waals surface area contributed by atoms with Crippen LogP contribution in [0.15, 0.2) is 54.7 Å². The summed E-state index contributed by atoms with van der Waals surface area (Å²) >= 11 is 0. The Hall–Kier alpha value is -3.67. The summed E-state index contributed by atoms with van der Waals surface area (Å²) in [7, 11) is 0. The molecule has 4 N–H and O–H groups in total. The molecule has 0 saturated carbocycles. The molecule has 4 aromatic rings. The number of hydrogen-bond acceptors (Lipinski definition) is 6. The number of ether oxygens (including phenoxy) is 1. The smallest absolute Gasteiger partial charge is 0.162 e. The number of anilines is 2. The van der Waals surface area contributed by atoms with Crippen molar-refractivity contribution >= 4 is 22.4 Å². The van der Waals surface area contributed by atoms with E-state index in [4.69, 9.17) is 16.2 Å². The molecule has 0 spiro atoms. The minimum absolute atomic E-state index is 0.414. The van der Waals surface area contributed by atoms with Crippen LogP contribution in [0.25, 0.3) is 22.3 Å². The topological polar surface area (TPSA) is 99.9 Å². The highest BCUT2D eigenvalue weighted by Crippen LogP contribution is 2.28. The Morgan fingerprint density at radius 2 is 1.79 bits per heavy atom. The van der Waals surface area contributed by atoms with Gasteiger partial charge in [0.2, 0.25) is 0 Å². The molecule has 0 unspecified atom stereocenters. The van der Waals surface area contributed by atoms with Gasteiger partial charge in [-0.2, -0.15) is 0 Å². The normalized spacial score (nSPS) is 10.9. The number of aromatic nitrogens is 3. The third kappa shape index (κ3) is 3.57. The van der Waals surface area contributed by atoms with E-state index in [0.29, 0.717) is 23.9 Å². The summed E-state index contributed by atoms with van der Waals surface area (Å²) in [6.45, 7) is 4.43. The lowest BCUT2D eigenvalue weighted by atomic mass is 10.1. The van der Waals surface area contributed by atoms with Crippen molar-refractivity contribution in [2.75, 3.05) is 11.5 Å². The summed E-state index contributed by atoms with van der Waals surface area (Å²) in [5.74, 6) is 1.80. The van der Waals surface area contributed by atoms with E-state index in [1.165, 1.54) is 0 Å². The van der Waals surface area contributed by atoms with Gasteiger partial charge in [0.15, 0.2) is 5.82 Å². The van der Waals surface area contributed by atoms with Gasteiger partial charge in [0.05, 0.1) is 5.52 Å². The van der Waals surface area contributed by atoms with Crippen LogP contribution >= 0.6 is 0 Å². The van der Waals surface area contributed by atoms with Gasteiger partial charge in [-0.3, -0.25) is 4.98 Å². The average Bonchev–Trinajstić information content (AvgIpc) is 2.68. The number of hydrogen-bond donors (Lipinski definition) is 2. The van der Waals surface area contributed by atoms with Gasteiger partial charge >= 0.3 is 0 Å². The number of fused-ring (bicyclic) bond motifs is 1. The molecule has 2 aromatic carbocycles. The predicted octanol–water partition coefficient (Wildman–Crippen LogP) is 4.05. The number of benzene rings is 2. The van der Waals surface area contributed by atoms with Gasteiger partial charge in [0, 0.05) is 34.1 Å². The summed E-state index contributed by atoms with van der Waals surface area (Å²) < 4.78 is 5.94. The van der Waals surface area contributed by atoms with Crippen molar-refractivity contribution in [1.82, 2.24) is 15.0 Å². The van der Waals surface area contributed by atoms with Gasteiger partial charge in [-0.25, -0.2) is 9.97 Å². The monoisotopic (exact) mass is 371 g/mol. The number of aryl methyl sites for hydroxylation is 2. The minimum atomic E-state index is 0.414. The number of nitrogen functional groups attached to an aromatic ring is 2. The maximum atomic E-state index is 6.12. The molecule has 140 valence electrons. The summed E-state index contributed by atoms with van der Waals surface area (Å²) in [4.78, 5) is 13.4. The highest BCUT2D eigenvalue weighted by molar-refractivity contribution is 5.91. The molecule has 2 heterocycles. The maximum absolute atomic E-state index is 6.12. The van der Waals surface area contributed by atoms with Gasteiger partial charge in [0.1, 0.15) is 18.2 Å². The molecular formula is C22H21N5O. The van der Waals surface area contributed by atoms with Crippen molar-refractivity contribution < 1.29 is 4.74 Å². The van der Waals surface area contributed by atoms with Gasteiger partial charge in [-0.05, 0) is 61.9 Å². The summed E-state index contributed by atoms with van der Waals surface area (Å²) in [5.41, 5.74) is 17.2. The Kier molecular flexibility index (Phi) is 4.53. The van der Waals surface area contributed by atoms with Crippen LogP contribution in [0.5, 0.6) is 5.75 Å². The van der Waals surface area contributed by atoms with Gasteiger partial charge in [-0.15, -0.1) is 0 Å². The molecule has 0 bridgehead atoms. The van der Waals surface area contributed by atoms with Crippen LogP contribution < -0.4 is 16.2 Å². The van der Waals surface area contributed by atoms with Crippen molar-refractivity contribution in [2.24, 2.45) is 0 Å². The second-order valence-electron chi connectivity index (χ2n) is 6.79. The molecule has 6 nitrogen and oxygen atoms in total. The zero-order chi connectivity index (χ0) is 19.7. The molecule has 0 saturated heterocycles. The van der Waals surface area contributed by atoms with Gasteiger partial charge < -0.3 is 16.2 Å². The fourth-order valence-electron chi connectivity index (χ4n) is 2.99. The molecule has 0 radical (unpaired) electrons.